The van der Waals surface area contributed by atoms with Gasteiger partial charge in [-0.3, -0.25) is 4.79 Å². The topological polar surface area (TPSA) is 78.5 Å². The SMILES string of the molecule is CCCN1CCC(NC(=O)c2cc(S(=O)(=O)NC3CC3)ccc2C)CC1. The van der Waals surface area contributed by atoms with Gasteiger partial charge in [0.05, 0.1) is 4.90 Å². The van der Waals surface area contributed by atoms with Crippen LogP contribution in [0.5, 0.6) is 0 Å². The van der Waals surface area contributed by atoms with Crippen LogP contribution < -0.4 is 10.0 Å². The molecule has 1 aliphatic heterocycles. The van der Waals surface area contributed by atoms with Gasteiger partial charge < -0.3 is 10.2 Å². The summed E-state index contributed by atoms with van der Waals surface area (Å²) >= 11 is 0. The largest absolute Gasteiger partial charge is 0.349 e. The average molecular weight is 380 g/mol. The number of aryl methyl sites for hydroxylation is 1. The summed E-state index contributed by atoms with van der Waals surface area (Å²) < 4.78 is 27.5. The van der Waals surface area contributed by atoms with Crippen molar-refractivity contribution in [2.24, 2.45) is 0 Å². The highest BCUT2D eigenvalue weighted by molar-refractivity contribution is 7.89. The molecule has 1 aromatic carbocycles. The van der Waals surface area contributed by atoms with Crippen LogP contribution in [0.2, 0.25) is 0 Å². The minimum absolute atomic E-state index is 0.0480. The van der Waals surface area contributed by atoms with Gasteiger partial charge in [0.25, 0.3) is 5.91 Å². The van der Waals surface area contributed by atoms with E-state index >= 15 is 0 Å². The van der Waals surface area contributed by atoms with Crippen molar-refractivity contribution in [3.05, 3.63) is 29.3 Å². The van der Waals surface area contributed by atoms with Crippen molar-refractivity contribution in [2.75, 3.05) is 19.6 Å². The number of benzene rings is 1. The molecule has 7 heteroatoms. The third-order valence-corrected chi connectivity index (χ3v) is 6.64. The molecule has 0 radical (unpaired) electrons. The molecule has 0 unspecified atom stereocenters. The van der Waals surface area contributed by atoms with Gasteiger partial charge in [-0.05, 0) is 63.3 Å². The number of likely N-dealkylation sites (tertiary alicyclic amines) is 1. The van der Waals surface area contributed by atoms with E-state index in [1.165, 1.54) is 6.07 Å². The number of rotatable bonds is 7. The number of piperidine rings is 1. The van der Waals surface area contributed by atoms with E-state index in [1.54, 1.807) is 12.1 Å². The second kappa shape index (κ2) is 8.06. The van der Waals surface area contributed by atoms with Crippen LogP contribution in [-0.4, -0.2) is 50.9 Å². The van der Waals surface area contributed by atoms with Crippen molar-refractivity contribution in [1.82, 2.24) is 14.9 Å². The molecule has 1 heterocycles. The van der Waals surface area contributed by atoms with E-state index < -0.39 is 10.0 Å². The Bertz CT molecular complexity index is 751. The number of nitrogens with one attached hydrogen (secondary N) is 2. The third kappa shape index (κ3) is 4.84. The minimum Gasteiger partial charge on any atom is -0.349 e. The van der Waals surface area contributed by atoms with Gasteiger partial charge in [0.15, 0.2) is 0 Å². The lowest BCUT2D eigenvalue weighted by Gasteiger charge is -2.32. The summed E-state index contributed by atoms with van der Waals surface area (Å²) in [6.07, 6.45) is 4.79. The fourth-order valence-electron chi connectivity index (χ4n) is 3.38. The Labute approximate surface area is 156 Å². The summed E-state index contributed by atoms with van der Waals surface area (Å²) in [5.41, 5.74) is 1.23. The molecular formula is C19H29N3O3S. The molecule has 0 aromatic heterocycles. The number of sulfonamides is 1. The van der Waals surface area contributed by atoms with Gasteiger partial charge in [-0.25, -0.2) is 13.1 Å². The van der Waals surface area contributed by atoms with E-state index in [0.29, 0.717) is 5.56 Å². The molecule has 1 saturated carbocycles. The lowest BCUT2D eigenvalue weighted by molar-refractivity contribution is 0.0910. The number of hydrogen-bond acceptors (Lipinski definition) is 4. The highest BCUT2D eigenvalue weighted by Crippen LogP contribution is 2.23. The molecule has 6 nitrogen and oxygen atoms in total. The van der Waals surface area contributed by atoms with Crippen LogP contribution in [0, 0.1) is 6.92 Å². The van der Waals surface area contributed by atoms with Gasteiger partial charge >= 0.3 is 0 Å². The van der Waals surface area contributed by atoms with E-state index in [9.17, 15) is 13.2 Å². The molecule has 1 amide bonds. The first-order chi connectivity index (χ1) is 12.4. The normalized spacial score (nSPS) is 19.5. The van der Waals surface area contributed by atoms with E-state index in [1.807, 2.05) is 6.92 Å². The van der Waals surface area contributed by atoms with Crippen molar-refractivity contribution in [3.63, 3.8) is 0 Å². The Hall–Kier alpha value is -1.44. The first-order valence-corrected chi connectivity index (χ1v) is 11.0. The zero-order valence-corrected chi connectivity index (χ0v) is 16.4. The van der Waals surface area contributed by atoms with E-state index in [-0.39, 0.29) is 22.9 Å². The Balaban J connectivity index is 1.66. The van der Waals surface area contributed by atoms with Crippen molar-refractivity contribution < 1.29 is 13.2 Å². The maximum atomic E-state index is 12.7. The Morgan fingerprint density at radius 3 is 2.46 bits per heavy atom. The first kappa shape index (κ1) is 19.3. The summed E-state index contributed by atoms with van der Waals surface area (Å²) in [5, 5.41) is 3.09. The smallest absolute Gasteiger partial charge is 0.251 e. The van der Waals surface area contributed by atoms with Gasteiger partial charge in [0.2, 0.25) is 10.0 Å². The maximum Gasteiger partial charge on any atom is 0.251 e. The molecule has 0 atom stereocenters. The number of amides is 1. The van der Waals surface area contributed by atoms with Crippen LogP contribution in [0.3, 0.4) is 0 Å². The fourth-order valence-corrected chi connectivity index (χ4v) is 4.71. The second-order valence-electron chi connectivity index (χ2n) is 7.46. The van der Waals surface area contributed by atoms with Crippen molar-refractivity contribution in [3.8, 4) is 0 Å². The van der Waals surface area contributed by atoms with Gasteiger partial charge in [-0.2, -0.15) is 0 Å². The molecule has 1 saturated heterocycles. The monoisotopic (exact) mass is 379 g/mol. The van der Waals surface area contributed by atoms with Gasteiger partial charge in [0, 0.05) is 30.7 Å². The number of nitrogens with zero attached hydrogens (tertiary/aromatic N) is 1. The zero-order chi connectivity index (χ0) is 18.7. The van der Waals surface area contributed by atoms with Crippen LogP contribution in [0.1, 0.15) is 54.9 Å². The molecule has 0 bridgehead atoms. The van der Waals surface area contributed by atoms with Crippen LogP contribution in [-0.2, 0) is 10.0 Å². The Morgan fingerprint density at radius 2 is 1.85 bits per heavy atom. The summed E-state index contributed by atoms with van der Waals surface area (Å²) in [4.78, 5) is 15.3. The molecule has 2 fully saturated rings. The summed E-state index contributed by atoms with van der Waals surface area (Å²) in [7, 11) is -3.55. The van der Waals surface area contributed by atoms with Gasteiger partial charge in [-0.1, -0.05) is 13.0 Å². The molecular weight excluding hydrogens is 350 g/mol. The summed E-state index contributed by atoms with van der Waals surface area (Å²) in [6.45, 7) is 7.11. The molecule has 1 aromatic rings. The minimum atomic E-state index is -3.55. The van der Waals surface area contributed by atoms with Crippen LogP contribution in [0.4, 0.5) is 0 Å². The highest BCUT2D eigenvalue weighted by Gasteiger charge is 2.29. The van der Waals surface area contributed by atoms with Gasteiger partial charge in [0.1, 0.15) is 0 Å². The molecule has 144 valence electrons. The summed E-state index contributed by atoms with van der Waals surface area (Å²) in [6, 6.07) is 4.98. The predicted molar refractivity (Wildman–Crippen MR) is 102 cm³/mol. The van der Waals surface area contributed by atoms with Crippen LogP contribution >= 0.6 is 0 Å². The van der Waals surface area contributed by atoms with E-state index in [2.05, 4.69) is 21.9 Å². The molecule has 2 aliphatic rings. The van der Waals surface area contributed by atoms with Crippen molar-refractivity contribution in [1.29, 1.82) is 0 Å². The Morgan fingerprint density at radius 1 is 1.15 bits per heavy atom. The fraction of sp³-hybridized carbons (Fsp3) is 0.632. The average Bonchev–Trinajstić information content (AvgIpc) is 3.40. The number of carbonyl (C=O) groups is 1. The number of hydrogen-bond donors (Lipinski definition) is 2. The van der Waals surface area contributed by atoms with E-state index in [0.717, 1.165) is 57.3 Å². The second-order valence-corrected chi connectivity index (χ2v) is 9.18. The zero-order valence-electron chi connectivity index (χ0n) is 15.6. The maximum absolute atomic E-state index is 12.7. The first-order valence-electron chi connectivity index (χ1n) is 9.55. The molecule has 1 aliphatic carbocycles. The molecule has 2 N–H and O–H groups in total. The van der Waals surface area contributed by atoms with Gasteiger partial charge in [-0.15, -0.1) is 0 Å². The lowest BCUT2D eigenvalue weighted by atomic mass is 10.0. The predicted octanol–water partition coefficient (Wildman–Crippen LogP) is 2.04. The van der Waals surface area contributed by atoms with E-state index in [4.69, 9.17) is 0 Å². The molecule has 26 heavy (non-hydrogen) atoms. The lowest BCUT2D eigenvalue weighted by Crippen LogP contribution is -2.44. The van der Waals surface area contributed by atoms with Crippen LogP contribution in [0.25, 0.3) is 0 Å². The van der Waals surface area contributed by atoms with Crippen molar-refractivity contribution in [2.45, 2.75) is 62.9 Å². The van der Waals surface area contributed by atoms with Crippen LogP contribution in [0.15, 0.2) is 23.1 Å². The quantitative estimate of drug-likeness (QED) is 0.760. The Kier molecular flexibility index (Phi) is 5.99. The third-order valence-electron chi connectivity index (χ3n) is 5.13. The van der Waals surface area contributed by atoms with Crippen molar-refractivity contribution >= 4 is 15.9 Å². The standard InChI is InChI=1S/C19H29N3O3S/c1-3-10-22-11-8-15(9-12-22)20-19(23)18-13-17(7-4-14(18)2)26(24,25)21-16-5-6-16/h4,7,13,15-16,21H,3,5-6,8-12H2,1-2H3,(H,20,23). The number of carbonyl (C=O) groups excluding carboxylic acids is 1. The highest BCUT2D eigenvalue weighted by atomic mass is 32.2. The molecule has 3 rings (SSSR count). The molecule has 0 spiro atoms. The summed E-state index contributed by atoms with van der Waals surface area (Å²) in [5.74, 6) is -0.181.